The summed E-state index contributed by atoms with van der Waals surface area (Å²) in [6.45, 7) is 6.31. The topological polar surface area (TPSA) is 64.7 Å². The van der Waals surface area contributed by atoms with Crippen LogP contribution in [0.1, 0.15) is 37.8 Å². The molecule has 2 heterocycles. The summed E-state index contributed by atoms with van der Waals surface area (Å²) in [5.74, 6) is 1.83. The minimum atomic E-state index is 0.0357. The molecule has 0 N–H and O–H groups in total. The van der Waals surface area contributed by atoms with Gasteiger partial charge in [-0.3, -0.25) is 0 Å². The van der Waals surface area contributed by atoms with Gasteiger partial charge in [-0.25, -0.2) is 0 Å². The Morgan fingerprint density at radius 1 is 1.09 bits per heavy atom. The minimum absolute atomic E-state index is 0.0357. The Morgan fingerprint density at radius 2 is 1.91 bits per heavy atom. The predicted octanol–water partition coefficient (Wildman–Crippen LogP) is 4.06. The monoisotopic (exact) mass is 314 g/mol. The van der Waals surface area contributed by atoms with Gasteiger partial charge in [-0.15, -0.1) is 15.3 Å². The Labute approximate surface area is 133 Å². The van der Waals surface area contributed by atoms with Crippen LogP contribution in [-0.4, -0.2) is 20.4 Å². The van der Waals surface area contributed by atoms with Crippen LogP contribution in [0.4, 0.5) is 0 Å². The maximum atomic E-state index is 5.75. The molecule has 0 aliphatic heterocycles. The smallest absolute Gasteiger partial charge is 0.229 e. The molecule has 0 radical (unpaired) electrons. The highest BCUT2D eigenvalue weighted by molar-refractivity contribution is 7.99. The summed E-state index contributed by atoms with van der Waals surface area (Å²) in [6.07, 6.45) is 2.58. The lowest BCUT2D eigenvalue weighted by Gasteiger charge is -2.07. The number of hydrogen-bond donors (Lipinski definition) is 0. The second-order valence-electron chi connectivity index (χ2n) is 5.63. The molecule has 0 saturated heterocycles. The van der Waals surface area contributed by atoms with E-state index in [2.05, 4.69) is 40.3 Å². The number of hydrogen-bond acceptors (Lipinski definition) is 6. The Balaban J connectivity index is 1.81. The summed E-state index contributed by atoms with van der Waals surface area (Å²) < 4.78 is 5.75. The first-order valence-corrected chi connectivity index (χ1v) is 8.21. The minimum Gasteiger partial charge on any atom is -0.424 e. The first-order chi connectivity index (χ1) is 10.6. The fourth-order valence-corrected chi connectivity index (χ4v) is 3.11. The highest BCUT2D eigenvalue weighted by Crippen LogP contribution is 2.36. The van der Waals surface area contributed by atoms with E-state index in [1.807, 2.05) is 25.1 Å². The van der Waals surface area contributed by atoms with E-state index >= 15 is 0 Å². The summed E-state index contributed by atoms with van der Waals surface area (Å²) in [7, 11) is 0. The van der Waals surface area contributed by atoms with E-state index in [1.54, 1.807) is 18.0 Å². The van der Waals surface area contributed by atoms with E-state index in [0.717, 1.165) is 22.2 Å². The van der Waals surface area contributed by atoms with Gasteiger partial charge < -0.3 is 4.42 Å². The van der Waals surface area contributed by atoms with Crippen LogP contribution in [0.2, 0.25) is 0 Å². The van der Waals surface area contributed by atoms with Gasteiger partial charge >= 0.3 is 0 Å². The Kier molecular flexibility index (Phi) is 4.38. The molecule has 0 spiro atoms. The van der Waals surface area contributed by atoms with Crippen LogP contribution in [0.5, 0.6) is 0 Å². The van der Waals surface area contributed by atoms with Crippen molar-refractivity contribution in [2.24, 2.45) is 5.92 Å². The van der Waals surface area contributed by atoms with E-state index in [1.165, 1.54) is 0 Å². The Hall–Kier alpha value is -1.95. The molecule has 1 aromatic carbocycles. The van der Waals surface area contributed by atoms with Gasteiger partial charge in [0.25, 0.3) is 0 Å². The van der Waals surface area contributed by atoms with Crippen LogP contribution < -0.4 is 0 Å². The molecule has 114 valence electrons. The third-order valence-electron chi connectivity index (χ3n) is 3.24. The molecule has 0 aliphatic carbocycles. The van der Waals surface area contributed by atoms with Gasteiger partial charge in [-0.1, -0.05) is 49.9 Å². The highest BCUT2D eigenvalue weighted by atomic mass is 32.2. The van der Waals surface area contributed by atoms with Crippen molar-refractivity contribution in [3.8, 4) is 0 Å². The van der Waals surface area contributed by atoms with Gasteiger partial charge in [0.2, 0.25) is 11.8 Å². The first-order valence-electron chi connectivity index (χ1n) is 7.33. The molecule has 6 heteroatoms. The zero-order valence-corrected chi connectivity index (χ0v) is 13.7. The standard InChI is InChI=1S/C16H18N4OS/c1-10(2)8-14-18-19-15(21-14)11(3)22-16-13-7-5-4-6-12(13)9-17-20-16/h4-7,9-11H,8H2,1-3H3/t11-/m1/s1. The molecule has 3 rings (SSSR count). The lowest BCUT2D eigenvalue weighted by molar-refractivity contribution is 0.426. The van der Waals surface area contributed by atoms with Gasteiger partial charge in [0.05, 0.1) is 11.4 Å². The highest BCUT2D eigenvalue weighted by Gasteiger charge is 2.18. The van der Waals surface area contributed by atoms with E-state index in [-0.39, 0.29) is 5.25 Å². The Morgan fingerprint density at radius 3 is 2.73 bits per heavy atom. The molecule has 22 heavy (non-hydrogen) atoms. The van der Waals surface area contributed by atoms with Crippen molar-refractivity contribution >= 4 is 22.5 Å². The number of rotatable bonds is 5. The number of thioether (sulfide) groups is 1. The van der Waals surface area contributed by atoms with Gasteiger partial charge in [0, 0.05) is 17.2 Å². The Bertz CT molecular complexity index is 766. The summed E-state index contributed by atoms with van der Waals surface area (Å²) in [5, 5.41) is 19.7. The molecule has 3 aromatic rings. The van der Waals surface area contributed by atoms with Crippen LogP contribution in [0.25, 0.3) is 10.8 Å². The van der Waals surface area contributed by atoms with E-state index in [0.29, 0.717) is 17.7 Å². The van der Waals surface area contributed by atoms with E-state index < -0.39 is 0 Å². The van der Waals surface area contributed by atoms with Crippen LogP contribution >= 0.6 is 11.8 Å². The van der Waals surface area contributed by atoms with Crippen molar-refractivity contribution in [2.75, 3.05) is 0 Å². The molecule has 5 nitrogen and oxygen atoms in total. The summed E-state index contributed by atoms with van der Waals surface area (Å²) >= 11 is 1.59. The van der Waals surface area contributed by atoms with Crippen molar-refractivity contribution in [2.45, 2.75) is 37.5 Å². The second-order valence-corrected chi connectivity index (χ2v) is 6.96. The average molecular weight is 314 g/mol. The number of fused-ring (bicyclic) bond motifs is 1. The fourth-order valence-electron chi connectivity index (χ4n) is 2.17. The molecule has 0 unspecified atom stereocenters. The number of nitrogens with zero attached hydrogens (tertiary/aromatic N) is 4. The van der Waals surface area contributed by atoms with Gasteiger partial charge in [-0.2, -0.15) is 5.10 Å². The van der Waals surface area contributed by atoms with Gasteiger partial charge in [-0.05, 0) is 12.8 Å². The summed E-state index contributed by atoms with van der Waals surface area (Å²) in [4.78, 5) is 0. The third kappa shape index (κ3) is 3.27. The fraction of sp³-hybridized carbons (Fsp3) is 0.375. The van der Waals surface area contributed by atoms with Crippen LogP contribution in [0.3, 0.4) is 0 Å². The van der Waals surface area contributed by atoms with Gasteiger partial charge in [0.15, 0.2) is 0 Å². The quantitative estimate of drug-likeness (QED) is 0.662. The zero-order valence-electron chi connectivity index (χ0n) is 12.9. The van der Waals surface area contributed by atoms with Crippen LogP contribution in [0, 0.1) is 5.92 Å². The lowest BCUT2D eigenvalue weighted by Crippen LogP contribution is -1.93. The average Bonchev–Trinajstić information content (AvgIpc) is 2.95. The molecule has 0 fully saturated rings. The van der Waals surface area contributed by atoms with Crippen molar-refractivity contribution < 1.29 is 4.42 Å². The number of benzene rings is 1. The molecule has 0 amide bonds. The molecule has 0 saturated carbocycles. The predicted molar refractivity (Wildman–Crippen MR) is 86.7 cm³/mol. The maximum absolute atomic E-state index is 5.75. The molecule has 2 aromatic heterocycles. The molecule has 0 aliphatic rings. The molecular weight excluding hydrogens is 296 g/mol. The molecule has 1 atom stereocenters. The maximum Gasteiger partial charge on any atom is 0.229 e. The third-order valence-corrected chi connectivity index (χ3v) is 4.32. The summed E-state index contributed by atoms with van der Waals surface area (Å²) in [5.41, 5.74) is 0. The largest absolute Gasteiger partial charge is 0.424 e. The van der Waals surface area contributed by atoms with E-state index in [9.17, 15) is 0 Å². The van der Waals surface area contributed by atoms with Crippen molar-refractivity contribution in [1.82, 2.24) is 20.4 Å². The van der Waals surface area contributed by atoms with Crippen molar-refractivity contribution in [3.05, 3.63) is 42.2 Å². The van der Waals surface area contributed by atoms with Crippen LogP contribution in [0.15, 0.2) is 39.9 Å². The normalized spacial score (nSPS) is 12.9. The van der Waals surface area contributed by atoms with Crippen LogP contribution in [-0.2, 0) is 6.42 Å². The summed E-state index contributed by atoms with van der Waals surface area (Å²) in [6, 6.07) is 8.09. The zero-order chi connectivity index (χ0) is 15.5. The molecular formula is C16H18N4OS. The number of aromatic nitrogens is 4. The lowest BCUT2D eigenvalue weighted by atomic mass is 10.1. The first kappa shape index (κ1) is 15.0. The second kappa shape index (κ2) is 6.44. The van der Waals surface area contributed by atoms with E-state index in [4.69, 9.17) is 4.42 Å². The molecule has 0 bridgehead atoms. The van der Waals surface area contributed by atoms with Gasteiger partial charge in [0.1, 0.15) is 5.03 Å². The van der Waals surface area contributed by atoms with Crippen molar-refractivity contribution in [3.63, 3.8) is 0 Å². The van der Waals surface area contributed by atoms with Crippen molar-refractivity contribution in [1.29, 1.82) is 0 Å². The SMILES string of the molecule is CC(C)Cc1nnc([C@@H](C)Sc2nncc3ccccc23)o1.